The number of halogens is 4. The first-order valence-corrected chi connectivity index (χ1v) is 31.6. The predicted molar refractivity (Wildman–Crippen MR) is 321 cm³/mol. The minimum Gasteiger partial charge on any atom is -0.540 e. The molecule has 7 aliphatic rings. The van der Waals surface area contributed by atoms with Crippen LogP contribution in [0.4, 0.5) is 27.2 Å². The molecule has 20 nitrogen and oxygen atoms in total. The first kappa shape index (κ1) is 71.9. The van der Waals surface area contributed by atoms with Crippen LogP contribution in [0.3, 0.4) is 0 Å². The molecule has 2 saturated heterocycles. The van der Waals surface area contributed by atoms with E-state index in [4.69, 9.17) is 28.4 Å². The van der Waals surface area contributed by atoms with E-state index in [0.29, 0.717) is 66.5 Å². The summed E-state index contributed by atoms with van der Waals surface area (Å²) in [5.41, 5.74) is -2.29. The molecule has 0 spiro atoms. The fourth-order valence-electron chi connectivity index (χ4n) is 14.3. The van der Waals surface area contributed by atoms with Crippen molar-refractivity contribution in [1.82, 2.24) is 40.4 Å². The minimum absolute atomic E-state index is 0. The van der Waals surface area contributed by atoms with Gasteiger partial charge in [0.2, 0.25) is 23.6 Å². The summed E-state index contributed by atoms with van der Waals surface area (Å²) >= 11 is 0. The van der Waals surface area contributed by atoms with Crippen molar-refractivity contribution < 1.29 is 112 Å². The molecule has 11 rings (SSSR count). The second-order valence-electron chi connectivity index (χ2n) is 28.2. The summed E-state index contributed by atoms with van der Waals surface area (Å²) in [6, 6.07) is 5.45. The Morgan fingerprint density at radius 3 is 1.49 bits per heavy atom. The number of hydrogen-bond acceptors (Lipinski definition) is 16. The van der Waals surface area contributed by atoms with E-state index in [1.165, 1.54) is 24.0 Å². The zero-order valence-corrected chi connectivity index (χ0v) is 56.9. The maximum Gasteiger partial charge on any atom is 0.408 e. The van der Waals surface area contributed by atoms with E-state index in [2.05, 4.69) is 30.6 Å². The Kier molecular flexibility index (Phi) is 22.0. The van der Waals surface area contributed by atoms with Crippen LogP contribution in [0.25, 0.3) is 22.1 Å². The second-order valence-corrected chi connectivity index (χ2v) is 28.2. The number of methoxy groups -OCH3 is 2. The van der Waals surface area contributed by atoms with E-state index in [0.717, 1.165) is 25.7 Å². The Morgan fingerprint density at radius 1 is 0.576 bits per heavy atom. The predicted octanol–water partition coefficient (Wildman–Crippen LogP) is 10.9. The van der Waals surface area contributed by atoms with E-state index in [1.54, 1.807) is 50.2 Å². The van der Waals surface area contributed by atoms with E-state index in [9.17, 15) is 28.8 Å². The first-order valence-electron chi connectivity index (χ1n) is 31.6. The largest absolute Gasteiger partial charge is 0.540 e. The molecule has 2 radical (unpaired) electrons. The maximum absolute atomic E-state index is 16.0. The van der Waals surface area contributed by atoms with Crippen molar-refractivity contribution in [2.24, 2.45) is 46.3 Å². The quantitative estimate of drug-likeness (QED) is 0.143. The number of alkyl carbamates (subject to hydrolysis) is 2. The van der Waals surface area contributed by atoms with Gasteiger partial charge in [0.05, 0.1) is 49.4 Å². The molecule has 2 aromatic carbocycles. The zero-order chi connectivity index (χ0) is 65.0. The third-order valence-corrected chi connectivity index (χ3v) is 19.8. The zero-order valence-electron chi connectivity index (χ0n) is 54.1. The van der Waals surface area contributed by atoms with Crippen molar-refractivity contribution >= 4 is 58.6 Å². The van der Waals surface area contributed by atoms with Gasteiger partial charge in [0.15, 0.2) is 11.4 Å². The van der Waals surface area contributed by atoms with E-state index < -0.39 is 125 Å². The molecule has 3 aliphatic carbocycles. The van der Waals surface area contributed by atoms with Crippen LogP contribution in [-0.2, 0) is 77.6 Å². The SMILES string of the molecule is COc1ccc2nc3c(nc2c1)O[C@H]1CN(C(=O)[C@H](C(C)(C)C)NC(=O)O[C@@H]2CC4CC4[C@H]2CCCCC3(F)F)[C@H]([C-]=O)[C@@H]1C.COc1ccc2nc3c(nc2c1)O[C@H]1CN(C(=O)[C@H](C(C)(C)C)NC(=O)O[C@]2(C)CCC[C@H]2CCCCC3(F)F)[C@H]([C-]=O)[C@@H]1C.[V].[V]. The molecule has 5 fully saturated rings. The molecule has 92 heavy (non-hydrogen) atoms. The summed E-state index contributed by atoms with van der Waals surface area (Å²) in [6.45, 7) is 15.9. The van der Waals surface area contributed by atoms with Gasteiger partial charge in [-0.1, -0.05) is 80.3 Å². The molecule has 4 amide bonds. The summed E-state index contributed by atoms with van der Waals surface area (Å²) in [7, 11) is 2.98. The monoisotopic (exact) mass is 1360 g/mol. The third kappa shape index (κ3) is 15.1. The van der Waals surface area contributed by atoms with Crippen molar-refractivity contribution in [1.29, 1.82) is 0 Å². The molecule has 2 aromatic heterocycles. The summed E-state index contributed by atoms with van der Waals surface area (Å²) < 4.78 is 98.9. The number of nitrogens with one attached hydrogen (secondary N) is 2. The number of fused-ring (bicyclic) bond motifs is 12. The first-order chi connectivity index (χ1) is 42.5. The number of carbonyl (C=O) groups is 4. The van der Waals surface area contributed by atoms with Crippen LogP contribution in [0, 0.1) is 46.3 Å². The van der Waals surface area contributed by atoms with Gasteiger partial charge in [-0.25, -0.2) is 42.1 Å². The number of ether oxygens (including phenoxy) is 6. The van der Waals surface area contributed by atoms with Crippen molar-refractivity contribution in [2.75, 3.05) is 27.3 Å². The van der Waals surface area contributed by atoms with Gasteiger partial charge in [-0.3, -0.25) is 9.59 Å². The van der Waals surface area contributed by atoms with E-state index in [1.807, 2.05) is 61.0 Å². The third-order valence-electron chi connectivity index (χ3n) is 19.8. The number of rotatable bonds is 4. The average molecular weight is 1360 g/mol. The molecular formula is C66H84F4N8O12V2-2. The van der Waals surface area contributed by atoms with Crippen LogP contribution < -0.4 is 29.6 Å². The van der Waals surface area contributed by atoms with Crippen molar-refractivity contribution in [2.45, 2.75) is 206 Å². The molecule has 4 bridgehead atoms. The topological polar surface area (TPSA) is 240 Å². The molecule has 2 N–H and O–H groups in total. The van der Waals surface area contributed by atoms with Crippen LogP contribution in [-0.4, -0.2) is 142 Å². The van der Waals surface area contributed by atoms with Crippen molar-refractivity contribution in [3.05, 3.63) is 47.8 Å². The Labute approximate surface area is 558 Å². The number of carbonyl (C=O) groups excluding carboxylic acids is 6. The fraction of sp³-hybridized carbons (Fsp3) is 0.667. The van der Waals surface area contributed by atoms with E-state index >= 15 is 17.6 Å². The minimum atomic E-state index is -3.37. The normalized spacial score (nSPS) is 31.6. The van der Waals surface area contributed by atoms with Gasteiger partial charge in [-0.2, -0.15) is 17.6 Å². The Bertz CT molecular complexity index is 3270. The van der Waals surface area contributed by atoms with Gasteiger partial charge >= 0.3 is 12.2 Å². The van der Waals surface area contributed by atoms with Gasteiger partial charge in [-0.05, 0) is 135 Å². The van der Waals surface area contributed by atoms with Crippen molar-refractivity contribution in [3.63, 3.8) is 0 Å². The smallest absolute Gasteiger partial charge is 0.408 e. The maximum atomic E-state index is 16.0. The Hall–Kier alpha value is -5.97. The van der Waals surface area contributed by atoms with Crippen LogP contribution in [0.15, 0.2) is 36.4 Å². The summed E-state index contributed by atoms with van der Waals surface area (Å²) in [5, 5.41) is 5.59. The van der Waals surface area contributed by atoms with Crippen LogP contribution in [0.5, 0.6) is 23.3 Å². The van der Waals surface area contributed by atoms with Gasteiger partial charge in [0.1, 0.15) is 47.5 Å². The number of alkyl halides is 4. The van der Waals surface area contributed by atoms with Gasteiger partial charge in [0.25, 0.3) is 11.8 Å². The molecule has 2 unspecified atom stereocenters. The number of amides is 4. The molecule has 6 heterocycles. The van der Waals surface area contributed by atoms with Gasteiger partial charge in [-0.15, -0.1) is 0 Å². The Morgan fingerprint density at radius 2 is 1.03 bits per heavy atom. The number of aromatic nitrogens is 4. The molecule has 4 aliphatic heterocycles. The van der Waals surface area contributed by atoms with Crippen molar-refractivity contribution in [3.8, 4) is 23.3 Å². The number of nitrogens with zero attached hydrogens (tertiary/aromatic N) is 6. The summed E-state index contributed by atoms with van der Waals surface area (Å²) in [4.78, 5) is 99.3. The standard InChI is InChI=1S/C33H41F2N4O6.C33H43F2N4O6.2V/c1-17-24(16-40)39-15-26(17)44-29-27(36-22-10-9-19(43-5)14-23(22)37-29)33(34,35)11-7-6-8-20-21-12-18(21)13-25(20)45-31(42)38-28(30(39)41)32(2,3)4;1-19-24(18-40)39-17-25(19)44-28-26(36-22-13-12-21(43-6)16-23(22)37-28)33(34,35)15-8-7-10-20-11-9-14-32(20,5)45-30(42)38-27(29(39)41)31(2,3)4;;/h9-10,14,17-18,20-21,24-26,28H,6-8,11-13,15H2,1-5H3,(H,38,42);12-13,16,19-20,24-25,27H,7-11,14-15,17H2,1-6H3,(H,38,42);;/q2*-1;;/t17-,18?,20+,21?,24+,25+,26-,28+;19-,20+,24+,25-,27+,32+;;/m00../s1. The van der Waals surface area contributed by atoms with Gasteiger partial charge < -0.3 is 58.4 Å². The average Bonchev–Trinajstić information content (AvgIpc) is 1.75. The molecule has 14 atom stereocenters. The summed E-state index contributed by atoms with van der Waals surface area (Å²) in [6.07, 6.45) is 6.29. The van der Waals surface area contributed by atoms with Crippen LogP contribution in [0.1, 0.15) is 157 Å². The van der Waals surface area contributed by atoms with Crippen LogP contribution in [0.2, 0.25) is 0 Å². The van der Waals surface area contributed by atoms with E-state index in [-0.39, 0.29) is 104 Å². The molecule has 500 valence electrons. The molecule has 3 saturated carbocycles. The number of benzene rings is 2. The number of hydrogen-bond donors (Lipinski definition) is 2. The summed E-state index contributed by atoms with van der Waals surface area (Å²) in [5.74, 6) is -7.76. The van der Waals surface area contributed by atoms with Crippen LogP contribution >= 0.6 is 0 Å². The van der Waals surface area contributed by atoms with Gasteiger partial charge in [0, 0.05) is 62.1 Å². The molecule has 26 heteroatoms. The second kappa shape index (κ2) is 28.2. The molecular weight excluding hydrogens is 1270 g/mol. The Balaban J connectivity index is 0.000000232. The molecule has 4 aromatic rings. The fourth-order valence-corrected chi connectivity index (χ4v) is 14.3.